The lowest BCUT2D eigenvalue weighted by Crippen LogP contribution is -1.97. The minimum atomic E-state index is -0.225. The van der Waals surface area contributed by atoms with E-state index in [1.54, 1.807) is 36.0 Å². The van der Waals surface area contributed by atoms with Gasteiger partial charge in [0.2, 0.25) is 5.71 Å². The largest absolute Gasteiger partial charge is 0.275 e. The number of hydrogen-bond donors (Lipinski definition) is 1. The molecule has 1 rings (SSSR count). The molecule has 0 aliphatic rings. The molecule has 6 heteroatoms. The standard InChI is InChI=1S/C11H9ClN4S/c1-2-17-11-4-3-8(12)5-10(11)16-15-9(6-13)7-14/h3-5,16H,2H2,1H3. The smallest absolute Gasteiger partial charge is 0.237 e. The van der Waals surface area contributed by atoms with Crippen molar-refractivity contribution in [2.45, 2.75) is 11.8 Å². The van der Waals surface area contributed by atoms with Crippen molar-refractivity contribution < 1.29 is 0 Å². The minimum Gasteiger partial charge on any atom is -0.275 e. The van der Waals surface area contributed by atoms with Crippen molar-refractivity contribution in [2.24, 2.45) is 5.10 Å². The van der Waals surface area contributed by atoms with E-state index in [0.29, 0.717) is 10.7 Å². The summed E-state index contributed by atoms with van der Waals surface area (Å²) < 4.78 is 0. The fraction of sp³-hybridized carbons (Fsp3) is 0.182. The van der Waals surface area contributed by atoms with Crippen molar-refractivity contribution in [3.8, 4) is 12.1 Å². The highest BCUT2D eigenvalue weighted by Crippen LogP contribution is 2.29. The van der Waals surface area contributed by atoms with Gasteiger partial charge in [-0.25, -0.2) is 0 Å². The third kappa shape index (κ3) is 3.99. The van der Waals surface area contributed by atoms with Crippen LogP contribution in [0.2, 0.25) is 5.02 Å². The van der Waals surface area contributed by atoms with Crippen molar-refractivity contribution >= 4 is 34.8 Å². The van der Waals surface area contributed by atoms with E-state index in [1.165, 1.54) is 0 Å². The van der Waals surface area contributed by atoms with Gasteiger partial charge in [-0.15, -0.1) is 11.8 Å². The van der Waals surface area contributed by atoms with Crippen LogP contribution >= 0.6 is 23.4 Å². The van der Waals surface area contributed by atoms with Gasteiger partial charge in [-0.2, -0.15) is 15.6 Å². The first-order valence-corrected chi connectivity index (χ1v) is 6.13. The number of benzene rings is 1. The zero-order chi connectivity index (χ0) is 12.7. The second kappa shape index (κ2) is 6.80. The third-order valence-corrected chi connectivity index (χ3v) is 2.93. The Labute approximate surface area is 109 Å². The van der Waals surface area contributed by atoms with Gasteiger partial charge in [-0.05, 0) is 24.0 Å². The predicted molar refractivity (Wildman–Crippen MR) is 70.1 cm³/mol. The second-order valence-corrected chi connectivity index (χ2v) is 4.61. The fourth-order valence-corrected chi connectivity index (χ4v) is 1.97. The van der Waals surface area contributed by atoms with Crippen LogP contribution in [0.15, 0.2) is 28.2 Å². The van der Waals surface area contributed by atoms with Crippen molar-refractivity contribution in [2.75, 3.05) is 11.2 Å². The molecule has 1 aromatic rings. The molecular weight excluding hydrogens is 256 g/mol. The number of rotatable bonds is 4. The van der Waals surface area contributed by atoms with Crippen LogP contribution in [0.1, 0.15) is 6.92 Å². The van der Waals surface area contributed by atoms with Gasteiger partial charge in [0, 0.05) is 9.92 Å². The third-order valence-electron chi connectivity index (χ3n) is 1.74. The van der Waals surface area contributed by atoms with Gasteiger partial charge in [0.05, 0.1) is 5.69 Å². The lowest BCUT2D eigenvalue weighted by atomic mass is 10.3. The average molecular weight is 265 g/mol. The number of hydrogen-bond acceptors (Lipinski definition) is 5. The lowest BCUT2D eigenvalue weighted by Gasteiger charge is -2.07. The normalized spacial score (nSPS) is 8.94. The molecule has 0 atom stereocenters. The van der Waals surface area contributed by atoms with Crippen LogP contribution in [-0.4, -0.2) is 11.5 Å². The summed E-state index contributed by atoms with van der Waals surface area (Å²) >= 11 is 7.49. The molecule has 0 saturated carbocycles. The molecule has 1 N–H and O–H groups in total. The molecule has 0 aromatic heterocycles. The summed E-state index contributed by atoms with van der Waals surface area (Å²) in [6, 6.07) is 8.70. The van der Waals surface area contributed by atoms with E-state index >= 15 is 0 Å². The van der Waals surface area contributed by atoms with Gasteiger partial charge in [-0.3, -0.25) is 5.43 Å². The lowest BCUT2D eigenvalue weighted by molar-refractivity contribution is 1.28. The van der Waals surface area contributed by atoms with Crippen LogP contribution in [0, 0.1) is 22.7 Å². The molecule has 4 nitrogen and oxygen atoms in total. The van der Waals surface area contributed by atoms with Gasteiger partial charge >= 0.3 is 0 Å². The topological polar surface area (TPSA) is 72.0 Å². The van der Waals surface area contributed by atoms with Crippen LogP contribution in [0.25, 0.3) is 0 Å². The Bertz CT molecular complexity index is 497. The molecule has 0 heterocycles. The predicted octanol–water partition coefficient (Wildman–Crippen LogP) is 3.27. The molecule has 0 aliphatic heterocycles. The zero-order valence-corrected chi connectivity index (χ0v) is 10.6. The summed E-state index contributed by atoms with van der Waals surface area (Å²) in [6.45, 7) is 2.03. The van der Waals surface area contributed by atoms with Gasteiger partial charge in [0.15, 0.2) is 0 Å². The Morgan fingerprint density at radius 1 is 1.47 bits per heavy atom. The van der Waals surface area contributed by atoms with E-state index < -0.39 is 0 Å². The van der Waals surface area contributed by atoms with E-state index in [-0.39, 0.29) is 5.71 Å². The molecule has 0 unspecified atom stereocenters. The maximum atomic E-state index is 8.56. The van der Waals surface area contributed by atoms with Gasteiger partial charge in [-0.1, -0.05) is 18.5 Å². The maximum Gasteiger partial charge on any atom is 0.237 e. The molecule has 0 radical (unpaired) electrons. The first-order valence-electron chi connectivity index (χ1n) is 4.77. The molecule has 0 fully saturated rings. The van der Waals surface area contributed by atoms with Crippen LogP contribution in [0.3, 0.4) is 0 Å². The average Bonchev–Trinajstić information content (AvgIpc) is 2.34. The number of nitrogens with one attached hydrogen (secondary N) is 1. The summed E-state index contributed by atoms with van der Waals surface area (Å²) in [4.78, 5) is 0.968. The van der Waals surface area contributed by atoms with E-state index in [1.807, 2.05) is 13.0 Å². The zero-order valence-electron chi connectivity index (χ0n) is 9.07. The first-order chi connectivity index (χ1) is 8.21. The van der Waals surface area contributed by atoms with Crippen molar-refractivity contribution in [3.63, 3.8) is 0 Å². The van der Waals surface area contributed by atoms with E-state index in [4.69, 9.17) is 22.1 Å². The molecule has 17 heavy (non-hydrogen) atoms. The number of thioether (sulfide) groups is 1. The number of anilines is 1. The quantitative estimate of drug-likeness (QED) is 0.515. The minimum absolute atomic E-state index is 0.225. The Kier molecular flexibility index (Phi) is 5.35. The molecule has 0 bridgehead atoms. The Morgan fingerprint density at radius 2 is 2.18 bits per heavy atom. The van der Waals surface area contributed by atoms with Gasteiger partial charge in [0.25, 0.3) is 0 Å². The Hall–Kier alpha value is -1.69. The second-order valence-electron chi connectivity index (χ2n) is 2.87. The summed E-state index contributed by atoms with van der Waals surface area (Å²) in [5.74, 6) is 0.906. The highest BCUT2D eigenvalue weighted by atomic mass is 35.5. The van der Waals surface area contributed by atoms with Crippen molar-refractivity contribution in [3.05, 3.63) is 23.2 Å². The van der Waals surface area contributed by atoms with Gasteiger partial charge in [0.1, 0.15) is 12.1 Å². The van der Waals surface area contributed by atoms with E-state index in [0.717, 1.165) is 10.6 Å². The molecule has 0 amide bonds. The van der Waals surface area contributed by atoms with E-state index in [2.05, 4.69) is 10.5 Å². The maximum absolute atomic E-state index is 8.56. The summed E-state index contributed by atoms with van der Waals surface area (Å²) in [7, 11) is 0. The summed E-state index contributed by atoms with van der Waals surface area (Å²) in [5.41, 5.74) is 3.14. The van der Waals surface area contributed by atoms with Crippen molar-refractivity contribution in [1.82, 2.24) is 0 Å². The summed E-state index contributed by atoms with van der Waals surface area (Å²) in [6.07, 6.45) is 0. The number of nitriles is 2. The highest BCUT2D eigenvalue weighted by Gasteiger charge is 2.03. The van der Waals surface area contributed by atoms with Crippen LogP contribution in [0.4, 0.5) is 5.69 Å². The molecule has 0 saturated heterocycles. The molecule has 1 aromatic carbocycles. The molecule has 0 aliphatic carbocycles. The number of halogens is 1. The van der Waals surface area contributed by atoms with Crippen LogP contribution in [0.5, 0.6) is 0 Å². The Morgan fingerprint density at radius 3 is 2.76 bits per heavy atom. The fourth-order valence-electron chi connectivity index (χ4n) is 1.06. The van der Waals surface area contributed by atoms with Crippen LogP contribution < -0.4 is 5.43 Å². The van der Waals surface area contributed by atoms with Crippen molar-refractivity contribution in [1.29, 1.82) is 10.5 Å². The molecule has 0 spiro atoms. The highest BCUT2D eigenvalue weighted by molar-refractivity contribution is 7.99. The monoisotopic (exact) mass is 264 g/mol. The SMILES string of the molecule is CCSc1ccc(Cl)cc1NN=C(C#N)C#N. The summed E-state index contributed by atoms with van der Waals surface area (Å²) in [5, 5.41) is 21.4. The Balaban J connectivity index is 2.97. The molecule has 86 valence electrons. The number of nitrogens with zero attached hydrogens (tertiary/aromatic N) is 3. The van der Waals surface area contributed by atoms with Crippen LogP contribution in [-0.2, 0) is 0 Å². The number of hydrazone groups is 1. The first kappa shape index (κ1) is 13.4. The van der Waals surface area contributed by atoms with Gasteiger partial charge < -0.3 is 0 Å². The molecular formula is C11H9ClN4S. The van der Waals surface area contributed by atoms with E-state index in [9.17, 15) is 0 Å².